The highest BCUT2D eigenvalue weighted by Crippen LogP contribution is 2.31. The van der Waals surface area contributed by atoms with Crippen LogP contribution in [0.5, 0.6) is 5.75 Å². The summed E-state index contributed by atoms with van der Waals surface area (Å²) in [7, 11) is 0. The van der Waals surface area contributed by atoms with Gasteiger partial charge in [-0.2, -0.15) is 5.01 Å². The Morgan fingerprint density at radius 1 is 1.25 bits per heavy atom. The number of thioether (sulfide) groups is 1. The maximum atomic E-state index is 12.4. The summed E-state index contributed by atoms with van der Waals surface area (Å²) in [5, 5.41) is 10.7. The molecule has 0 atom stereocenters. The van der Waals surface area contributed by atoms with E-state index in [1.165, 1.54) is 12.1 Å². The molecule has 6 nitrogen and oxygen atoms in total. The SMILES string of the molecule is O=C(NN1C(=O)C(=Cc2ccccn2)SC1=S)c1ccccc1O. The van der Waals surface area contributed by atoms with Crippen molar-refractivity contribution in [2.24, 2.45) is 0 Å². The van der Waals surface area contributed by atoms with Crippen molar-refractivity contribution in [2.75, 3.05) is 0 Å². The molecule has 2 N–H and O–H groups in total. The van der Waals surface area contributed by atoms with Crippen LogP contribution in [0.4, 0.5) is 0 Å². The van der Waals surface area contributed by atoms with E-state index in [-0.39, 0.29) is 15.6 Å². The summed E-state index contributed by atoms with van der Waals surface area (Å²) in [5.74, 6) is -1.24. The Bertz CT molecular complexity index is 853. The summed E-state index contributed by atoms with van der Waals surface area (Å²) < 4.78 is 0.200. The van der Waals surface area contributed by atoms with Crippen LogP contribution in [0.3, 0.4) is 0 Å². The second-order valence-corrected chi connectivity index (χ2v) is 6.41. The number of phenols is 1. The summed E-state index contributed by atoms with van der Waals surface area (Å²) in [6.07, 6.45) is 3.22. The lowest BCUT2D eigenvalue weighted by molar-refractivity contribution is -0.123. The number of aromatic hydroxyl groups is 1. The van der Waals surface area contributed by atoms with Crippen molar-refractivity contribution in [3.63, 3.8) is 0 Å². The molecule has 120 valence electrons. The molecule has 24 heavy (non-hydrogen) atoms. The van der Waals surface area contributed by atoms with Crippen molar-refractivity contribution in [3.05, 3.63) is 64.8 Å². The quantitative estimate of drug-likeness (QED) is 0.648. The summed E-state index contributed by atoms with van der Waals surface area (Å²) >= 11 is 6.21. The van der Waals surface area contributed by atoms with Gasteiger partial charge in [0.1, 0.15) is 5.75 Å². The van der Waals surface area contributed by atoms with Crippen LogP contribution in [0.15, 0.2) is 53.6 Å². The molecule has 0 radical (unpaired) electrons. The minimum Gasteiger partial charge on any atom is -0.507 e. The van der Waals surface area contributed by atoms with Crippen LogP contribution >= 0.6 is 24.0 Å². The van der Waals surface area contributed by atoms with Gasteiger partial charge in [0.2, 0.25) is 0 Å². The summed E-state index contributed by atoms with van der Waals surface area (Å²) in [4.78, 5) is 29.1. The third kappa shape index (κ3) is 3.29. The number of amides is 2. The third-order valence-electron chi connectivity index (χ3n) is 3.12. The number of thiocarbonyl (C=S) groups is 1. The Kier molecular flexibility index (Phi) is 4.59. The number of hydrogen-bond acceptors (Lipinski definition) is 6. The van der Waals surface area contributed by atoms with Crippen LogP contribution in [0.2, 0.25) is 0 Å². The lowest BCUT2D eigenvalue weighted by Crippen LogP contribution is -2.44. The number of aromatic nitrogens is 1. The van der Waals surface area contributed by atoms with Gasteiger partial charge in [0.15, 0.2) is 4.32 Å². The van der Waals surface area contributed by atoms with E-state index < -0.39 is 11.8 Å². The van der Waals surface area contributed by atoms with Gasteiger partial charge in [0, 0.05) is 6.20 Å². The fraction of sp³-hybridized carbons (Fsp3) is 0. The number of para-hydroxylation sites is 1. The number of rotatable bonds is 3. The van der Waals surface area contributed by atoms with E-state index in [0.717, 1.165) is 16.8 Å². The zero-order chi connectivity index (χ0) is 17.1. The van der Waals surface area contributed by atoms with Crippen molar-refractivity contribution in [3.8, 4) is 5.75 Å². The van der Waals surface area contributed by atoms with E-state index in [1.54, 1.807) is 42.6 Å². The number of nitrogens with zero attached hydrogens (tertiary/aromatic N) is 2. The number of nitrogens with one attached hydrogen (secondary N) is 1. The van der Waals surface area contributed by atoms with Gasteiger partial charge >= 0.3 is 0 Å². The first-order valence-corrected chi connectivity index (χ1v) is 8.06. The second kappa shape index (κ2) is 6.81. The second-order valence-electron chi connectivity index (χ2n) is 4.73. The van der Waals surface area contributed by atoms with E-state index in [9.17, 15) is 14.7 Å². The Morgan fingerprint density at radius 2 is 2.00 bits per heavy atom. The largest absolute Gasteiger partial charge is 0.507 e. The molecule has 1 aliphatic rings. The van der Waals surface area contributed by atoms with Gasteiger partial charge in [0.25, 0.3) is 11.8 Å². The first-order valence-electron chi connectivity index (χ1n) is 6.84. The number of pyridine rings is 1. The number of hydrazine groups is 1. The predicted octanol–water partition coefficient (Wildman–Crippen LogP) is 2.33. The fourth-order valence-corrected chi connectivity index (χ4v) is 3.15. The van der Waals surface area contributed by atoms with Crippen molar-refractivity contribution in [1.29, 1.82) is 0 Å². The third-order valence-corrected chi connectivity index (χ3v) is 4.42. The highest BCUT2D eigenvalue weighted by molar-refractivity contribution is 8.26. The first-order chi connectivity index (χ1) is 11.6. The predicted molar refractivity (Wildman–Crippen MR) is 94.8 cm³/mol. The number of hydrogen-bond donors (Lipinski definition) is 2. The Morgan fingerprint density at radius 3 is 2.71 bits per heavy atom. The molecule has 2 amide bonds. The van der Waals surface area contributed by atoms with Crippen molar-refractivity contribution < 1.29 is 14.7 Å². The minimum absolute atomic E-state index is 0.0558. The maximum absolute atomic E-state index is 12.4. The molecule has 3 rings (SSSR count). The molecule has 1 saturated heterocycles. The van der Waals surface area contributed by atoms with Crippen LogP contribution in [0.1, 0.15) is 16.1 Å². The lowest BCUT2D eigenvalue weighted by atomic mass is 10.2. The number of phenolic OH excluding ortho intramolecular Hbond substituents is 1. The molecule has 0 unspecified atom stereocenters. The molecule has 0 aliphatic carbocycles. The van der Waals surface area contributed by atoms with Gasteiger partial charge in [-0.1, -0.05) is 30.0 Å². The molecule has 1 aromatic carbocycles. The van der Waals surface area contributed by atoms with Gasteiger partial charge in [-0.05, 0) is 42.6 Å². The van der Waals surface area contributed by atoms with E-state index >= 15 is 0 Å². The van der Waals surface area contributed by atoms with E-state index in [1.807, 2.05) is 0 Å². The number of carbonyl (C=O) groups excluding carboxylic acids is 2. The Hall–Kier alpha value is -2.71. The van der Waals surface area contributed by atoms with Crippen molar-refractivity contribution in [2.45, 2.75) is 0 Å². The van der Waals surface area contributed by atoms with Crippen LogP contribution in [-0.2, 0) is 4.79 Å². The standard InChI is InChI=1S/C16H11N3O3S2/c20-12-7-2-1-6-11(12)14(21)18-19-15(22)13(24-16(19)23)9-10-5-3-4-8-17-10/h1-9,20H,(H,18,21). The van der Waals surface area contributed by atoms with Gasteiger partial charge in [0.05, 0.1) is 16.2 Å². The molecular formula is C16H11N3O3S2. The number of benzene rings is 1. The van der Waals surface area contributed by atoms with Gasteiger partial charge < -0.3 is 5.11 Å². The maximum Gasteiger partial charge on any atom is 0.285 e. The van der Waals surface area contributed by atoms with Gasteiger partial charge in [-0.25, -0.2) is 0 Å². The highest BCUT2D eigenvalue weighted by Gasteiger charge is 2.34. The average molecular weight is 357 g/mol. The molecular weight excluding hydrogens is 346 g/mol. The van der Waals surface area contributed by atoms with Gasteiger partial charge in [-0.3, -0.25) is 20.0 Å². The zero-order valence-corrected chi connectivity index (χ0v) is 13.8. The van der Waals surface area contributed by atoms with E-state index in [0.29, 0.717) is 10.6 Å². The Balaban J connectivity index is 1.79. The summed E-state index contributed by atoms with van der Waals surface area (Å²) in [5.41, 5.74) is 3.08. The van der Waals surface area contributed by atoms with E-state index in [4.69, 9.17) is 12.2 Å². The summed E-state index contributed by atoms with van der Waals surface area (Å²) in [6, 6.07) is 11.4. The molecule has 2 heterocycles. The molecule has 0 saturated carbocycles. The monoisotopic (exact) mass is 357 g/mol. The van der Waals surface area contributed by atoms with Crippen LogP contribution < -0.4 is 5.43 Å². The molecule has 1 aliphatic heterocycles. The smallest absolute Gasteiger partial charge is 0.285 e. The van der Waals surface area contributed by atoms with Crippen LogP contribution in [-0.4, -0.2) is 31.2 Å². The molecule has 1 aromatic heterocycles. The molecule has 0 spiro atoms. The van der Waals surface area contributed by atoms with Crippen molar-refractivity contribution >= 4 is 46.2 Å². The molecule has 1 fully saturated rings. The first kappa shape index (κ1) is 16.2. The molecule has 0 bridgehead atoms. The fourth-order valence-electron chi connectivity index (χ4n) is 1.99. The van der Waals surface area contributed by atoms with Gasteiger partial charge in [-0.15, -0.1) is 0 Å². The van der Waals surface area contributed by atoms with Crippen molar-refractivity contribution in [1.82, 2.24) is 15.4 Å². The van der Waals surface area contributed by atoms with Crippen LogP contribution in [0, 0.1) is 0 Å². The summed E-state index contributed by atoms with van der Waals surface area (Å²) in [6.45, 7) is 0. The Labute approximate surface area is 147 Å². The molecule has 8 heteroatoms. The molecule has 2 aromatic rings. The highest BCUT2D eigenvalue weighted by atomic mass is 32.2. The minimum atomic E-state index is -0.622. The lowest BCUT2D eigenvalue weighted by Gasteiger charge is -2.15. The van der Waals surface area contributed by atoms with Crippen LogP contribution in [0.25, 0.3) is 6.08 Å². The normalized spacial score (nSPS) is 15.8. The topological polar surface area (TPSA) is 82.5 Å². The average Bonchev–Trinajstić information content (AvgIpc) is 2.83. The van der Waals surface area contributed by atoms with E-state index in [2.05, 4.69) is 10.4 Å². The zero-order valence-electron chi connectivity index (χ0n) is 12.2. The number of carbonyl (C=O) groups is 2.